The Balaban J connectivity index is 3.71. The van der Waals surface area contributed by atoms with Crippen molar-refractivity contribution in [2.75, 3.05) is 0 Å². The molecule has 1 aromatic heterocycles. The minimum atomic E-state index is -0.834. The molecule has 0 amide bonds. The Bertz CT molecular complexity index is 541. The van der Waals surface area contributed by atoms with Crippen LogP contribution in [0.2, 0.25) is 0 Å². The lowest BCUT2D eigenvalue weighted by molar-refractivity contribution is 0.608. The number of hydrogen-bond donors (Lipinski definition) is 1. The van der Waals surface area contributed by atoms with Crippen molar-refractivity contribution in [2.45, 2.75) is 13.8 Å². The van der Waals surface area contributed by atoms with Crippen LogP contribution in [0.5, 0.6) is 0 Å². The van der Waals surface area contributed by atoms with Crippen molar-refractivity contribution >= 4 is 5.71 Å². The summed E-state index contributed by atoms with van der Waals surface area (Å²) in [7, 11) is 1.26. The summed E-state index contributed by atoms with van der Waals surface area (Å²) in [6.07, 6.45) is 0. The fourth-order valence-electron chi connectivity index (χ4n) is 0.832. The molecule has 0 spiro atoms. The summed E-state index contributed by atoms with van der Waals surface area (Å²) >= 11 is 0. The predicted octanol–water partition coefficient (Wildman–Crippen LogP) is -1.52. The lowest BCUT2D eigenvalue weighted by Gasteiger charge is -1.99. The van der Waals surface area contributed by atoms with Gasteiger partial charge in [-0.05, 0) is 13.8 Å². The van der Waals surface area contributed by atoms with Crippen molar-refractivity contribution < 1.29 is 0 Å². The second-order valence-electron chi connectivity index (χ2n) is 2.94. The molecule has 1 heterocycles. The molecular formula is C7H10N4O3. The van der Waals surface area contributed by atoms with Gasteiger partial charge in [-0.3, -0.25) is 4.98 Å². The summed E-state index contributed by atoms with van der Waals surface area (Å²) in [5.74, 6) is 0. The molecular weight excluding hydrogens is 188 g/mol. The Morgan fingerprint density at radius 3 is 2.29 bits per heavy atom. The molecule has 0 aliphatic rings. The van der Waals surface area contributed by atoms with E-state index in [9.17, 15) is 14.4 Å². The maximum absolute atomic E-state index is 11.3. The predicted molar refractivity (Wildman–Crippen MR) is 50.7 cm³/mol. The topological polar surface area (TPSA) is 89.2 Å². The Kier molecular flexibility index (Phi) is 2.50. The van der Waals surface area contributed by atoms with Gasteiger partial charge in [0.1, 0.15) is 0 Å². The van der Waals surface area contributed by atoms with Gasteiger partial charge in [-0.25, -0.2) is 19.0 Å². The van der Waals surface area contributed by atoms with Crippen LogP contribution in [0.4, 0.5) is 0 Å². The Morgan fingerprint density at radius 2 is 1.79 bits per heavy atom. The Hall–Kier alpha value is -1.92. The smallest absolute Gasteiger partial charge is 0.257 e. The second kappa shape index (κ2) is 3.44. The Morgan fingerprint density at radius 1 is 1.21 bits per heavy atom. The highest BCUT2D eigenvalue weighted by atomic mass is 16.2. The van der Waals surface area contributed by atoms with Gasteiger partial charge in [0.2, 0.25) is 0 Å². The molecule has 0 fully saturated rings. The van der Waals surface area contributed by atoms with E-state index in [0.29, 0.717) is 10.4 Å². The van der Waals surface area contributed by atoms with Crippen molar-refractivity contribution in [3.8, 4) is 0 Å². The largest absolute Gasteiger partial charge is 0.357 e. The number of H-pyrrole nitrogens is 1. The summed E-state index contributed by atoms with van der Waals surface area (Å²) < 4.78 is 1.38. The van der Waals surface area contributed by atoms with Gasteiger partial charge in [0, 0.05) is 12.8 Å². The van der Waals surface area contributed by atoms with Crippen LogP contribution < -0.4 is 17.1 Å². The SMILES string of the molecule is CC(C)=Nn1c(=O)[nH]c(=O)n(C)c1=O. The number of hydrogen-bond acceptors (Lipinski definition) is 4. The van der Waals surface area contributed by atoms with Gasteiger partial charge < -0.3 is 0 Å². The van der Waals surface area contributed by atoms with Gasteiger partial charge in [-0.15, -0.1) is 4.68 Å². The standard InChI is InChI=1S/C7H10N4O3/c1-4(2)9-11-6(13)8-5(12)10(3)7(11)14/h1-3H3,(H,8,12,13). The number of rotatable bonds is 1. The van der Waals surface area contributed by atoms with E-state index in [1.54, 1.807) is 13.8 Å². The first-order valence-corrected chi connectivity index (χ1v) is 3.88. The molecule has 0 aliphatic heterocycles. The fourth-order valence-corrected chi connectivity index (χ4v) is 0.832. The van der Waals surface area contributed by atoms with E-state index in [2.05, 4.69) is 5.10 Å². The van der Waals surface area contributed by atoms with Gasteiger partial charge in [-0.2, -0.15) is 5.10 Å². The minimum Gasteiger partial charge on any atom is -0.257 e. The van der Waals surface area contributed by atoms with E-state index in [-0.39, 0.29) is 0 Å². The first-order chi connectivity index (χ1) is 6.43. The van der Waals surface area contributed by atoms with Crippen molar-refractivity contribution in [3.05, 3.63) is 31.5 Å². The van der Waals surface area contributed by atoms with Gasteiger partial charge in [-0.1, -0.05) is 0 Å². The molecule has 7 nitrogen and oxygen atoms in total. The van der Waals surface area contributed by atoms with Crippen LogP contribution in [0.1, 0.15) is 13.8 Å². The second-order valence-corrected chi connectivity index (χ2v) is 2.94. The highest BCUT2D eigenvalue weighted by molar-refractivity contribution is 5.78. The van der Waals surface area contributed by atoms with Crippen molar-refractivity contribution in [3.63, 3.8) is 0 Å². The molecule has 0 atom stereocenters. The first-order valence-electron chi connectivity index (χ1n) is 3.88. The third kappa shape index (κ3) is 1.70. The monoisotopic (exact) mass is 198 g/mol. The molecule has 0 saturated heterocycles. The van der Waals surface area contributed by atoms with Crippen LogP contribution in [-0.2, 0) is 7.05 Å². The zero-order valence-corrected chi connectivity index (χ0v) is 8.07. The third-order valence-corrected chi connectivity index (χ3v) is 1.48. The number of aromatic nitrogens is 3. The van der Waals surface area contributed by atoms with Gasteiger partial charge in [0.05, 0.1) is 0 Å². The molecule has 76 valence electrons. The third-order valence-electron chi connectivity index (χ3n) is 1.48. The van der Waals surface area contributed by atoms with Gasteiger partial charge >= 0.3 is 17.1 Å². The number of nitrogens with zero attached hydrogens (tertiary/aromatic N) is 3. The molecule has 0 radical (unpaired) electrons. The maximum Gasteiger partial charge on any atom is 0.357 e. The fraction of sp³-hybridized carbons (Fsp3) is 0.429. The molecule has 1 rings (SSSR count). The van der Waals surface area contributed by atoms with Crippen molar-refractivity contribution in [1.29, 1.82) is 0 Å². The molecule has 0 saturated carbocycles. The quantitative estimate of drug-likeness (QED) is 0.555. The van der Waals surface area contributed by atoms with E-state index in [0.717, 1.165) is 4.57 Å². The summed E-state index contributed by atoms with van der Waals surface area (Å²) in [4.78, 5) is 35.4. The van der Waals surface area contributed by atoms with E-state index < -0.39 is 17.1 Å². The van der Waals surface area contributed by atoms with Gasteiger partial charge in [0.15, 0.2) is 0 Å². The maximum atomic E-state index is 11.3. The zero-order valence-electron chi connectivity index (χ0n) is 8.07. The zero-order chi connectivity index (χ0) is 10.9. The van der Waals surface area contributed by atoms with Crippen LogP contribution in [0, 0.1) is 0 Å². The van der Waals surface area contributed by atoms with Crippen molar-refractivity contribution in [1.82, 2.24) is 14.2 Å². The van der Waals surface area contributed by atoms with Crippen LogP contribution in [0.25, 0.3) is 0 Å². The summed E-state index contributed by atoms with van der Waals surface area (Å²) in [6.45, 7) is 3.27. The van der Waals surface area contributed by atoms with Gasteiger partial charge in [0.25, 0.3) is 0 Å². The normalized spacial score (nSPS) is 9.93. The average molecular weight is 198 g/mol. The van der Waals surface area contributed by atoms with Crippen LogP contribution in [0.15, 0.2) is 19.5 Å². The Labute approximate surface area is 78.3 Å². The van der Waals surface area contributed by atoms with Crippen molar-refractivity contribution in [2.24, 2.45) is 12.1 Å². The van der Waals surface area contributed by atoms with Crippen LogP contribution in [-0.4, -0.2) is 19.9 Å². The number of nitrogens with one attached hydrogen (secondary N) is 1. The van der Waals surface area contributed by atoms with Crippen LogP contribution in [0.3, 0.4) is 0 Å². The molecule has 0 unspecified atom stereocenters. The van der Waals surface area contributed by atoms with E-state index in [4.69, 9.17) is 0 Å². The summed E-state index contributed by atoms with van der Waals surface area (Å²) in [5.41, 5.74) is -1.81. The molecule has 0 aromatic carbocycles. The first kappa shape index (κ1) is 10.2. The highest BCUT2D eigenvalue weighted by Crippen LogP contribution is 1.72. The molecule has 1 aromatic rings. The summed E-state index contributed by atoms with van der Waals surface area (Å²) in [6, 6.07) is 0. The minimum absolute atomic E-state index is 0.538. The summed E-state index contributed by atoms with van der Waals surface area (Å²) in [5, 5.41) is 3.68. The number of aromatic amines is 1. The van der Waals surface area contributed by atoms with E-state index >= 15 is 0 Å². The average Bonchev–Trinajstić information content (AvgIpc) is 2.09. The highest BCUT2D eigenvalue weighted by Gasteiger charge is 2.04. The molecule has 0 bridgehead atoms. The van der Waals surface area contributed by atoms with Crippen LogP contribution >= 0.6 is 0 Å². The lowest BCUT2D eigenvalue weighted by Crippen LogP contribution is -2.47. The van der Waals surface area contributed by atoms with E-state index in [1.165, 1.54) is 7.05 Å². The lowest BCUT2D eigenvalue weighted by atomic mass is 10.5. The van der Waals surface area contributed by atoms with E-state index in [1.807, 2.05) is 4.98 Å². The molecule has 7 heteroatoms. The molecule has 14 heavy (non-hydrogen) atoms. The molecule has 0 aliphatic carbocycles. The molecule has 1 N–H and O–H groups in total.